The fourth-order valence-electron chi connectivity index (χ4n) is 5.11. The van der Waals surface area contributed by atoms with E-state index in [1.807, 2.05) is 13.0 Å². The molecule has 5 rings (SSSR count). The van der Waals surface area contributed by atoms with Gasteiger partial charge in [0.25, 0.3) is 0 Å². The average Bonchev–Trinajstić information content (AvgIpc) is 3.53. The maximum Gasteiger partial charge on any atom is 0.336 e. The number of nitrogens with zero attached hydrogens (tertiary/aromatic N) is 7. The van der Waals surface area contributed by atoms with Crippen LogP contribution in [0.15, 0.2) is 29.9 Å². The van der Waals surface area contributed by atoms with E-state index >= 15 is 0 Å². The number of carbonyl (C=O) groups excluding carboxylic acids is 2. The molecule has 2 fully saturated rings. The summed E-state index contributed by atoms with van der Waals surface area (Å²) in [6.07, 6.45) is 4.67. The number of piperidine rings is 1. The van der Waals surface area contributed by atoms with Gasteiger partial charge in [-0.3, -0.25) is 9.78 Å². The summed E-state index contributed by atoms with van der Waals surface area (Å²) < 4.78 is 6.62. The third kappa shape index (κ3) is 3.80. The molecule has 174 valence electrons. The second-order valence-electron chi connectivity index (χ2n) is 9.10. The Labute approximate surface area is 191 Å². The summed E-state index contributed by atoms with van der Waals surface area (Å²) in [5, 5.41) is 22.0. The van der Waals surface area contributed by atoms with Gasteiger partial charge in [-0.05, 0) is 68.3 Å². The van der Waals surface area contributed by atoms with E-state index in [9.17, 15) is 14.7 Å². The normalized spacial score (nSPS) is 21.8. The maximum absolute atomic E-state index is 13.3. The van der Waals surface area contributed by atoms with Gasteiger partial charge in [0.1, 0.15) is 19.0 Å². The van der Waals surface area contributed by atoms with E-state index in [-0.39, 0.29) is 23.9 Å². The van der Waals surface area contributed by atoms with Gasteiger partial charge >= 0.3 is 5.97 Å². The first-order valence-corrected chi connectivity index (χ1v) is 11.2. The number of pyridine rings is 1. The van der Waals surface area contributed by atoms with E-state index in [0.29, 0.717) is 30.1 Å². The molecule has 1 spiro atoms. The molecule has 0 unspecified atom stereocenters. The van der Waals surface area contributed by atoms with Gasteiger partial charge in [0, 0.05) is 13.1 Å². The number of tetrazole rings is 1. The predicted octanol–water partition coefficient (Wildman–Crippen LogP) is 0.544. The molecular formula is C22H27N7O4. The van der Waals surface area contributed by atoms with Crippen molar-refractivity contribution in [2.75, 3.05) is 32.8 Å². The number of carbonyl (C=O) groups is 2. The van der Waals surface area contributed by atoms with Gasteiger partial charge in [-0.15, -0.1) is 5.10 Å². The van der Waals surface area contributed by atoms with Crippen molar-refractivity contribution in [1.29, 1.82) is 0 Å². The Morgan fingerprint density at radius 1 is 1.18 bits per heavy atom. The standard InChI is InChI=1S/C22H27N7O4/c1-14-9-16(29-13-24-25-26-29)10-23-19(14)18(30)11-27-6-3-22(4-7-27)5-8-28(21(22)32)17-12-33-20(31)15(17)2/h9-10,13,18,30H,3-8,11-12H2,1-2H3/t18-/m1/s1. The van der Waals surface area contributed by atoms with Crippen LogP contribution >= 0.6 is 0 Å². The Hall–Kier alpha value is -3.18. The monoisotopic (exact) mass is 453 g/mol. The SMILES string of the molecule is CC1=C(N2CCC3(CCN(C[C@@H](O)c4ncc(-n5cnnn5)cc4C)CC3)C2=O)COC1=O. The number of β-amino-alcohol motifs (C(OH)–C–C–N with tert-alkyl or cyclic N) is 1. The summed E-state index contributed by atoms with van der Waals surface area (Å²) in [6.45, 7) is 6.35. The Morgan fingerprint density at radius 3 is 2.58 bits per heavy atom. The van der Waals surface area contributed by atoms with Crippen molar-refractivity contribution in [1.82, 2.24) is 35.0 Å². The third-order valence-corrected chi connectivity index (χ3v) is 7.20. The minimum atomic E-state index is -0.729. The van der Waals surface area contributed by atoms with Crippen LogP contribution in [0.4, 0.5) is 0 Å². The number of hydrogen-bond acceptors (Lipinski definition) is 9. The Kier molecular flexibility index (Phi) is 5.45. The van der Waals surface area contributed by atoms with Crippen molar-refractivity contribution in [2.24, 2.45) is 5.41 Å². The van der Waals surface area contributed by atoms with Crippen LogP contribution in [0.1, 0.15) is 43.5 Å². The smallest absolute Gasteiger partial charge is 0.336 e. The highest BCUT2D eigenvalue weighted by atomic mass is 16.5. The molecule has 1 N–H and O–H groups in total. The zero-order chi connectivity index (χ0) is 23.2. The van der Waals surface area contributed by atoms with Crippen molar-refractivity contribution in [3.8, 4) is 5.69 Å². The van der Waals surface area contributed by atoms with Crippen molar-refractivity contribution in [3.63, 3.8) is 0 Å². The van der Waals surface area contributed by atoms with Gasteiger partial charge in [0.2, 0.25) is 5.91 Å². The molecule has 2 aromatic rings. The molecule has 3 aliphatic heterocycles. The largest absolute Gasteiger partial charge is 0.456 e. The summed E-state index contributed by atoms with van der Waals surface area (Å²) in [5.41, 5.74) is 3.09. The van der Waals surface area contributed by atoms with Crippen LogP contribution in [-0.4, -0.2) is 84.8 Å². The number of cyclic esters (lactones) is 1. The predicted molar refractivity (Wildman–Crippen MR) is 115 cm³/mol. The Balaban J connectivity index is 1.21. The van der Waals surface area contributed by atoms with Gasteiger partial charge in [0.15, 0.2) is 0 Å². The summed E-state index contributed by atoms with van der Waals surface area (Å²) in [7, 11) is 0. The zero-order valence-electron chi connectivity index (χ0n) is 18.8. The first kappa shape index (κ1) is 21.7. The number of amides is 1. The molecular weight excluding hydrogens is 426 g/mol. The molecule has 2 aromatic heterocycles. The summed E-state index contributed by atoms with van der Waals surface area (Å²) in [4.78, 5) is 33.4. The fraction of sp³-hybridized carbons (Fsp3) is 0.545. The fourth-order valence-corrected chi connectivity index (χ4v) is 5.11. The van der Waals surface area contributed by atoms with Gasteiger partial charge in [-0.2, -0.15) is 4.68 Å². The molecule has 0 radical (unpaired) electrons. The average molecular weight is 454 g/mol. The van der Waals surface area contributed by atoms with Crippen LogP contribution < -0.4 is 0 Å². The Bertz CT molecular complexity index is 1110. The van der Waals surface area contributed by atoms with E-state index in [0.717, 1.165) is 43.6 Å². The number of aryl methyl sites for hydroxylation is 1. The summed E-state index contributed by atoms with van der Waals surface area (Å²) in [6, 6.07) is 1.90. The highest BCUT2D eigenvalue weighted by molar-refractivity contribution is 5.94. The second-order valence-corrected chi connectivity index (χ2v) is 9.10. The summed E-state index contributed by atoms with van der Waals surface area (Å²) in [5.74, 6) is -0.233. The number of likely N-dealkylation sites (tertiary alicyclic amines) is 2. The molecule has 0 aromatic carbocycles. The molecule has 5 heterocycles. The molecule has 0 aliphatic carbocycles. The van der Waals surface area contributed by atoms with Gasteiger partial charge in [0.05, 0.1) is 34.3 Å². The number of aliphatic hydroxyl groups excluding tert-OH is 1. The van der Waals surface area contributed by atoms with Crippen molar-refractivity contribution < 1.29 is 19.4 Å². The summed E-state index contributed by atoms with van der Waals surface area (Å²) >= 11 is 0. The topological polar surface area (TPSA) is 127 Å². The lowest BCUT2D eigenvalue weighted by Gasteiger charge is -2.38. The highest BCUT2D eigenvalue weighted by Crippen LogP contribution is 2.43. The molecule has 11 heteroatoms. The van der Waals surface area contributed by atoms with E-state index in [2.05, 4.69) is 25.4 Å². The van der Waals surface area contributed by atoms with Crippen molar-refractivity contribution in [3.05, 3.63) is 41.1 Å². The number of aliphatic hydroxyl groups is 1. The van der Waals surface area contributed by atoms with Crippen LogP contribution in [0.5, 0.6) is 0 Å². The number of rotatable bonds is 5. The minimum Gasteiger partial charge on any atom is -0.456 e. The van der Waals surface area contributed by atoms with Crippen LogP contribution in [-0.2, 0) is 14.3 Å². The van der Waals surface area contributed by atoms with E-state index < -0.39 is 6.10 Å². The van der Waals surface area contributed by atoms with Gasteiger partial charge in [-0.25, -0.2) is 4.79 Å². The molecule has 1 amide bonds. The molecule has 3 aliphatic rings. The zero-order valence-corrected chi connectivity index (χ0v) is 18.8. The lowest BCUT2D eigenvalue weighted by molar-refractivity contribution is -0.138. The number of aromatic nitrogens is 5. The van der Waals surface area contributed by atoms with E-state index in [4.69, 9.17) is 4.74 Å². The quantitative estimate of drug-likeness (QED) is 0.646. The Morgan fingerprint density at radius 2 is 1.94 bits per heavy atom. The van der Waals surface area contributed by atoms with Crippen LogP contribution in [0.25, 0.3) is 5.69 Å². The molecule has 2 saturated heterocycles. The lowest BCUT2D eigenvalue weighted by atomic mass is 9.77. The second kappa shape index (κ2) is 8.31. The number of ether oxygens (including phenoxy) is 1. The first-order chi connectivity index (χ1) is 15.9. The molecule has 0 saturated carbocycles. The van der Waals surface area contributed by atoms with Gasteiger partial charge in [-0.1, -0.05) is 0 Å². The maximum atomic E-state index is 13.3. The first-order valence-electron chi connectivity index (χ1n) is 11.2. The molecule has 33 heavy (non-hydrogen) atoms. The number of hydrogen-bond donors (Lipinski definition) is 1. The molecule has 1 atom stereocenters. The lowest BCUT2D eigenvalue weighted by Crippen LogP contribution is -2.45. The van der Waals surface area contributed by atoms with E-state index in [1.54, 1.807) is 18.0 Å². The molecule has 11 nitrogen and oxygen atoms in total. The van der Waals surface area contributed by atoms with Crippen LogP contribution in [0.3, 0.4) is 0 Å². The highest BCUT2D eigenvalue weighted by Gasteiger charge is 2.50. The van der Waals surface area contributed by atoms with Crippen molar-refractivity contribution in [2.45, 2.75) is 39.2 Å². The van der Waals surface area contributed by atoms with Gasteiger partial charge < -0.3 is 19.6 Å². The van der Waals surface area contributed by atoms with Crippen LogP contribution in [0.2, 0.25) is 0 Å². The number of esters is 1. The van der Waals surface area contributed by atoms with Crippen molar-refractivity contribution >= 4 is 11.9 Å². The third-order valence-electron chi connectivity index (χ3n) is 7.20. The van der Waals surface area contributed by atoms with Crippen LogP contribution in [0, 0.1) is 12.3 Å². The van der Waals surface area contributed by atoms with E-state index in [1.165, 1.54) is 11.0 Å². The molecule has 0 bridgehead atoms. The minimum absolute atomic E-state index is 0.103.